The maximum Gasteiger partial charge on any atom is 0.331 e. The van der Waals surface area contributed by atoms with Crippen LogP contribution in [0.15, 0.2) is 23.8 Å². The second-order valence-corrected chi connectivity index (χ2v) is 4.82. The standard InChI is InChI=1S/C13H16O2/c14-12-8-7-11-6-3-5-10-4-1-2-9-13(10,11)15-12/h6-8,10H,1-5,9H2/t10-,13-/m0/s1. The quantitative estimate of drug-likeness (QED) is 0.567. The Balaban J connectivity index is 2.05. The van der Waals surface area contributed by atoms with Gasteiger partial charge in [-0.3, -0.25) is 0 Å². The van der Waals surface area contributed by atoms with Gasteiger partial charge in [0.1, 0.15) is 5.60 Å². The summed E-state index contributed by atoms with van der Waals surface area (Å²) in [6.45, 7) is 0. The largest absolute Gasteiger partial charge is 0.451 e. The number of hydrogen-bond acceptors (Lipinski definition) is 2. The highest BCUT2D eigenvalue weighted by Gasteiger charge is 2.48. The van der Waals surface area contributed by atoms with Crippen molar-refractivity contribution < 1.29 is 9.53 Å². The first-order valence-electron chi connectivity index (χ1n) is 5.93. The third-order valence-corrected chi connectivity index (χ3v) is 4.06. The normalized spacial score (nSPS) is 38.8. The predicted octanol–water partition coefficient (Wildman–Crippen LogP) is 2.75. The number of allylic oxidation sites excluding steroid dienone is 1. The molecule has 3 aliphatic rings. The summed E-state index contributed by atoms with van der Waals surface area (Å²) in [7, 11) is 0. The van der Waals surface area contributed by atoms with E-state index >= 15 is 0 Å². The van der Waals surface area contributed by atoms with E-state index in [9.17, 15) is 4.79 Å². The Labute approximate surface area is 90.0 Å². The average molecular weight is 204 g/mol. The lowest BCUT2D eigenvalue weighted by Crippen LogP contribution is -2.49. The van der Waals surface area contributed by atoms with Crippen molar-refractivity contribution in [2.75, 3.05) is 0 Å². The molecular weight excluding hydrogens is 188 g/mol. The SMILES string of the molecule is O=C1C=CC2=CCC[C@@H]3CCCC[C@@]23O1. The molecule has 3 rings (SSSR count). The van der Waals surface area contributed by atoms with Crippen LogP contribution in [0.1, 0.15) is 38.5 Å². The van der Waals surface area contributed by atoms with Crippen molar-refractivity contribution in [3.8, 4) is 0 Å². The molecule has 1 fully saturated rings. The van der Waals surface area contributed by atoms with Gasteiger partial charge in [0.15, 0.2) is 0 Å². The van der Waals surface area contributed by atoms with Crippen molar-refractivity contribution >= 4 is 5.97 Å². The zero-order valence-corrected chi connectivity index (χ0v) is 8.87. The lowest BCUT2D eigenvalue weighted by molar-refractivity contribution is -0.160. The zero-order chi connectivity index (χ0) is 10.3. The lowest BCUT2D eigenvalue weighted by Gasteiger charge is -2.47. The summed E-state index contributed by atoms with van der Waals surface area (Å²) in [4.78, 5) is 11.4. The molecule has 0 bridgehead atoms. The highest BCUT2D eigenvalue weighted by molar-refractivity contribution is 5.85. The number of ether oxygens (including phenoxy) is 1. The minimum atomic E-state index is -0.234. The second-order valence-electron chi connectivity index (χ2n) is 4.82. The van der Waals surface area contributed by atoms with Crippen molar-refractivity contribution in [1.29, 1.82) is 0 Å². The number of hydrogen-bond donors (Lipinski definition) is 0. The molecule has 0 N–H and O–H groups in total. The lowest BCUT2D eigenvalue weighted by atomic mass is 9.66. The Hall–Kier alpha value is -1.05. The zero-order valence-electron chi connectivity index (χ0n) is 8.87. The van der Waals surface area contributed by atoms with Crippen molar-refractivity contribution in [1.82, 2.24) is 0 Å². The molecule has 0 amide bonds. The van der Waals surface area contributed by atoms with Crippen LogP contribution in [0.3, 0.4) is 0 Å². The van der Waals surface area contributed by atoms with Crippen LogP contribution in [0.5, 0.6) is 0 Å². The van der Waals surface area contributed by atoms with Crippen LogP contribution in [-0.2, 0) is 9.53 Å². The highest BCUT2D eigenvalue weighted by Crippen LogP contribution is 2.48. The molecule has 0 aromatic carbocycles. The van der Waals surface area contributed by atoms with Crippen molar-refractivity contribution in [2.24, 2.45) is 5.92 Å². The molecule has 2 atom stereocenters. The maximum atomic E-state index is 11.4. The minimum Gasteiger partial charge on any atom is -0.451 e. The third-order valence-electron chi connectivity index (χ3n) is 4.06. The van der Waals surface area contributed by atoms with E-state index in [0.29, 0.717) is 5.92 Å². The summed E-state index contributed by atoms with van der Waals surface area (Å²) in [5.41, 5.74) is 1.03. The molecule has 0 aromatic heterocycles. The van der Waals surface area contributed by atoms with E-state index < -0.39 is 0 Å². The summed E-state index contributed by atoms with van der Waals surface area (Å²) < 4.78 is 5.69. The Bertz CT molecular complexity index is 354. The Morgan fingerprint density at radius 2 is 2.20 bits per heavy atom. The molecule has 2 aliphatic carbocycles. The summed E-state index contributed by atoms with van der Waals surface area (Å²) >= 11 is 0. The van der Waals surface area contributed by atoms with Crippen molar-refractivity contribution in [3.63, 3.8) is 0 Å². The van der Waals surface area contributed by atoms with Gasteiger partial charge >= 0.3 is 5.97 Å². The van der Waals surface area contributed by atoms with Gasteiger partial charge in [-0.2, -0.15) is 0 Å². The first-order chi connectivity index (χ1) is 7.31. The third kappa shape index (κ3) is 1.27. The first-order valence-corrected chi connectivity index (χ1v) is 5.93. The van der Waals surface area contributed by atoms with E-state index in [0.717, 1.165) is 12.8 Å². The van der Waals surface area contributed by atoms with Gasteiger partial charge in [-0.1, -0.05) is 12.5 Å². The molecule has 15 heavy (non-hydrogen) atoms. The molecule has 1 saturated carbocycles. The Kier molecular flexibility index (Phi) is 1.98. The van der Waals surface area contributed by atoms with Crippen LogP contribution >= 0.6 is 0 Å². The van der Waals surface area contributed by atoms with Crippen LogP contribution in [0, 0.1) is 5.92 Å². The fraction of sp³-hybridized carbons (Fsp3) is 0.615. The molecule has 2 heteroatoms. The van der Waals surface area contributed by atoms with E-state index in [2.05, 4.69) is 6.08 Å². The molecule has 1 heterocycles. The molecule has 0 radical (unpaired) electrons. The molecule has 0 unspecified atom stereocenters. The monoisotopic (exact) mass is 204 g/mol. The summed E-state index contributed by atoms with van der Waals surface area (Å²) in [6.07, 6.45) is 12.9. The molecule has 0 aromatic rings. The Morgan fingerprint density at radius 3 is 3.13 bits per heavy atom. The van der Waals surface area contributed by atoms with Gasteiger partial charge in [0, 0.05) is 12.0 Å². The van der Waals surface area contributed by atoms with Crippen LogP contribution in [0.2, 0.25) is 0 Å². The van der Waals surface area contributed by atoms with Crippen LogP contribution in [-0.4, -0.2) is 11.6 Å². The van der Waals surface area contributed by atoms with Gasteiger partial charge in [0.2, 0.25) is 0 Å². The van der Waals surface area contributed by atoms with E-state index in [4.69, 9.17) is 4.74 Å². The maximum absolute atomic E-state index is 11.4. The molecule has 2 nitrogen and oxygen atoms in total. The number of esters is 1. The van der Waals surface area contributed by atoms with Crippen LogP contribution in [0.25, 0.3) is 0 Å². The fourth-order valence-corrected chi connectivity index (χ4v) is 3.36. The molecule has 80 valence electrons. The number of carbonyl (C=O) groups is 1. The minimum absolute atomic E-state index is 0.152. The van der Waals surface area contributed by atoms with E-state index in [-0.39, 0.29) is 11.6 Å². The van der Waals surface area contributed by atoms with Gasteiger partial charge < -0.3 is 4.74 Å². The highest BCUT2D eigenvalue weighted by atomic mass is 16.6. The number of rotatable bonds is 0. The molecule has 1 aliphatic heterocycles. The molecular formula is C13H16O2. The van der Waals surface area contributed by atoms with E-state index in [1.807, 2.05) is 6.08 Å². The topological polar surface area (TPSA) is 26.3 Å². The van der Waals surface area contributed by atoms with Gasteiger partial charge in [-0.05, 0) is 43.8 Å². The van der Waals surface area contributed by atoms with E-state index in [1.165, 1.54) is 31.3 Å². The molecule has 0 saturated heterocycles. The first kappa shape index (κ1) is 9.20. The average Bonchev–Trinajstić information content (AvgIpc) is 2.26. The summed E-state index contributed by atoms with van der Waals surface area (Å²) in [6, 6.07) is 0. The van der Waals surface area contributed by atoms with Gasteiger partial charge in [-0.25, -0.2) is 4.79 Å². The summed E-state index contributed by atoms with van der Waals surface area (Å²) in [5.74, 6) is 0.418. The molecule has 1 spiro atoms. The summed E-state index contributed by atoms with van der Waals surface area (Å²) in [5, 5.41) is 0. The van der Waals surface area contributed by atoms with Crippen molar-refractivity contribution in [3.05, 3.63) is 23.8 Å². The second kappa shape index (κ2) is 3.22. The van der Waals surface area contributed by atoms with Crippen molar-refractivity contribution in [2.45, 2.75) is 44.1 Å². The van der Waals surface area contributed by atoms with Gasteiger partial charge in [-0.15, -0.1) is 0 Å². The number of carbonyl (C=O) groups excluding carboxylic acids is 1. The fourth-order valence-electron chi connectivity index (χ4n) is 3.36. The smallest absolute Gasteiger partial charge is 0.331 e. The Morgan fingerprint density at radius 1 is 1.27 bits per heavy atom. The predicted molar refractivity (Wildman–Crippen MR) is 57.2 cm³/mol. The van der Waals surface area contributed by atoms with Gasteiger partial charge in [0.25, 0.3) is 0 Å². The van der Waals surface area contributed by atoms with E-state index in [1.54, 1.807) is 6.08 Å². The van der Waals surface area contributed by atoms with Crippen LogP contribution in [0.4, 0.5) is 0 Å². The van der Waals surface area contributed by atoms with Crippen LogP contribution < -0.4 is 0 Å². The van der Waals surface area contributed by atoms with Gasteiger partial charge in [0.05, 0.1) is 0 Å².